The molecule has 0 bridgehead atoms. The molecule has 1 aliphatic rings. The quantitative estimate of drug-likeness (QED) is 0.660. The molecule has 1 atom stereocenters. The first-order valence-corrected chi connectivity index (χ1v) is 6.76. The van der Waals surface area contributed by atoms with Crippen molar-refractivity contribution in [3.63, 3.8) is 0 Å². The summed E-state index contributed by atoms with van der Waals surface area (Å²) in [7, 11) is 1.62. The van der Waals surface area contributed by atoms with Gasteiger partial charge in [0.2, 0.25) is 0 Å². The number of anilines is 1. The van der Waals surface area contributed by atoms with E-state index in [-0.39, 0.29) is 23.2 Å². The van der Waals surface area contributed by atoms with Crippen molar-refractivity contribution in [2.24, 2.45) is 0 Å². The number of nitrogens with two attached hydrogens (primary N) is 1. The van der Waals surface area contributed by atoms with Gasteiger partial charge >= 0.3 is 0 Å². The lowest BCUT2D eigenvalue weighted by Gasteiger charge is -2.27. The third kappa shape index (κ3) is 3.66. The zero-order valence-corrected chi connectivity index (χ0v) is 11.8. The van der Waals surface area contributed by atoms with Crippen LogP contribution in [0.3, 0.4) is 0 Å². The van der Waals surface area contributed by atoms with Crippen LogP contribution in [0.15, 0.2) is 12.3 Å². The maximum absolute atomic E-state index is 12.3. The van der Waals surface area contributed by atoms with Gasteiger partial charge in [-0.25, -0.2) is 4.98 Å². The van der Waals surface area contributed by atoms with E-state index < -0.39 is 10.8 Å². The summed E-state index contributed by atoms with van der Waals surface area (Å²) in [6, 6.07) is 1.16. The Morgan fingerprint density at radius 2 is 2.38 bits per heavy atom. The van der Waals surface area contributed by atoms with Crippen LogP contribution >= 0.6 is 0 Å². The second-order valence-electron chi connectivity index (χ2n) is 5.06. The Morgan fingerprint density at radius 1 is 1.62 bits per heavy atom. The van der Waals surface area contributed by atoms with Gasteiger partial charge in [-0.2, -0.15) is 0 Å². The van der Waals surface area contributed by atoms with E-state index in [0.29, 0.717) is 13.2 Å². The maximum atomic E-state index is 12.3. The molecule has 2 rings (SSSR count). The minimum atomic E-state index is -0.604. The number of carbonyl (C=O) groups is 1. The summed E-state index contributed by atoms with van der Waals surface area (Å²) in [5.74, 6) is -0.403. The number of pyridine rings is 1. The molecule has 1 aliphatic heterocycles. The zero-order chi connectivity index (χ0) is 15.4. The van der Waals surface area contributed by atoms with Crippen molar-refractivity contribution in [2.75, 3.05) is 25.9 Å². The first-order chi connectivity index (χ1) is 9.99. The van der Waals surface area contributed by atoms with Crippen LogP contribution in [-0.4, -0.2) is 47.0 Å². The van der Waals surface area contributed by atoms with Gasteiger partial charge in [-0.1, -0.05) is 0 Å². The van der Waals surface area contributed by atoms with Crippen molar-refractivity contribution >= 4 is 17.4 Å². The van der Waals surface area contributed by atoms with Gasteiger partial charge in [0.05, 0.1) is 16.6 Å². The number of nitrogens with zero attached hydrogens (tertiary/aromatic N) is 3. The number of carbonyl (C=O) groups excluding carboxylic acids is 1. The van der Waals surface area contributed by atoms with Crippen LogP contribution in [0.5, 0.6) is 0 Å². The predicted octanol–water partition coefficient (Wildman–Crippen LogP) is 1.21. The van der Waals surface area contributed by atoms with Gasteiger partial charge in [0, 0.05) is 26.3 Å². The lowest BCUT2D eigenvalue weighted by molar-refractivity contribution is -0.385. The standard InChI is InChI=1S/C13H18N4O4/c1-16(8-10-4-2-3-5-21-10)13(18)11-6-9(17(19)20)7-15-12(11)14/h6-7,10H,2-5,8H2,1H3,(H2,14,15). The van der Waals surface area contributed by atoms with Crippen LogP contribution in [0.4, 0.5) is 11.5 Å². The molecule has 1 unspecified atom stereocenters. The summed E-state index contributed by atoms with van der Waals surface area (Å²) in [5, 5.41) is 10.8. The SMILES string of the molecule is CN(CC1CCCCO1)C(=O)c1cc([N+](=O)[O-])cnc1N. The molecule has 0 aromatic carbocycles. The Morgan fingerprint density at radius 3 is 3.00 bits per heavy atom. The molecule has 0 spiro atoms. The van der Waals surface area contributed by atoms with E-state index in [1.54, 1.807) is 7.05 Å². The van der Waals surface area contributed by atoms with E-state index in [9.17, 15) is 14.9 Å². The van der Waals surface area contributed by atoms with Crippen molar-refractivity contribution in [1.82, 2.24) is 9.88 Å². The summed E-state index contributed by atoms with van der Waals surface area (Å²) < 4.78 is 5.58. The highest BCUT2D eigenvalue weighted by Gasteiger charge is 2.23. The number of likely N-dealkylation sites (N-methyl/N-ethyl adjacent to an activating group) is 1. The largest absolute Gasteiger partial charge is 0.383 e. The second kappa shape index (κ2) is 6.49. The minimum absolute atomic E-state index is 0.000539. The summed E-state index contributed by atoms with van der Waals surface area (Å²) in [4.78, 5) is 27.7. The van der Waals surface area contributed by atoms with E-state index in [4.69, 9.17) is 10.5 Å². The normalized spacial score (nSPS) is 18.2. The summed E-state index contributed by atoms with van der Waals surface area (Å²) >= 11 is 0. The molecule has 8 heteroatoms. The Balaban J connectivity index is 2.10. The Labute approximate surface area is 122 Å². The van der Waals surface area contributed by atoms with Crippen molar-refractivity contribution in [3.8, 4) is 0 Å². The number of ether oxygens (including phenoxy) is 1. The molecule has 114 valence electrons. The van der Waals surface area contributed by atoms with E-state index in [0.717, 1.165) is 31.5 Å². The molecule has 1 aromatic rings. The van der Waals surface area contributed by atoms with Crippen LogP contribution in [-0.2, 0) is 4.74 Å². The molecule has 8 nitrogen and oxygen atoms in total. The molecule has 21 heavy (non-hydrogen) atoms. The molecule has 0 aliphatic carbocycles. The molecule has 1 aromatic heterocycles. The number of hydrogen-bond acceptors (Lipinski definition) is 6. The van der Waals surface area contributed by atoms with Crippen molar-refractivity contribution < 1.29 is 14.5 Å². The first kappa shape index (κ1) is 15.2. The highest BCUT2D eigenvalue weighted by molar-refractivity contribution is 5.98. The van der Waals surface area contributed by atoms with E-state index in [2.05, 4.69) is 4.98 Å². The minimum Gasteiger partial charge on any atom is -0.383 e. The van der Waals surface area contributed by atoms with Gasteiger partial charge in [0.25, 0.3) is 11.6 Å². The topological polar surface area (TPSA) is 112 Å². The fraction of sp³-hybridized carbons (Fsp3) is 0.538. The number of rotatable bonds is 4. The van der Waals surface area contributed by atoms with Crippen LogP contribution < -0.4 is 5.73 Å². The maximum Gasteiger partial charge on any atom is 0.288 e. The Hall–Kier alpha value is -2.22. The van der Waals surface area contributed by atoms with E-state index in [1.165, 1.54) is 4.90 Å². The number of nitro groups is 1. The van der Waals surface area contributed by atoms with E-state index in [1.807, 2.05) is 0 Å². The number of hydrogen-bond donors (Lipinski definition) is 1. The molecular formula is C13H18N4O4. The third-order valence-corrected chi connectivity index (χ3v) is 3.44. The molecule has 2 N–H and O–H groups in total. The van der Waals surface area contributed by atoms with Crippen LogP contribution in [0.25, 0.3) is 0 Å². The van der Waals surface area contributed by atoms with Crippen molar-refractivity contribution in [1.29, 1.82) is 0 Å². The van der Waals surface area contributed by atoms with Gasteiger partial charge in [0.1, 0.15) is 12.0 Å². The predicted molar refractivity (Wildman–Crippen MR) is 75.9 cm³/mol. The fourth-order valence-electron chi connectivity index (χ4n) is 2.28. The molecule has 0 saturated carbocycles. The van der Waals surface area contributed by atoms with Crippen LogP contribution in [0.1, 0.15) is 29.6 Å². The average molecular weight is 294 g/mol. The van der Waals surface area contributed by atoms with Crippen molar-refractivity contribution in [2.45, 2.75) is 25.4 Å². The average Bonchev–Trinajstić information content (AvgIpc) is 2.47. The number of nitrogen functional groups attached to an aromatic ring is 1. The third-order valence-electron chi connectivity index (χ3n) is 3.44. The number of aromatic nitrogens is 1. The Bertz CT molecular complexity index is 543. The van der Waals surface area contributed by atoms with Gasteiger partial charge in [-0.05, 0) is 19.3 Å². The lowest BCUT2D eigenvalue weighted by atomic mass is 10.1. The Kier molecular flexibility index (Phi) is 4.69. The second-order valence-corrected chi connectivity index (χ2v) is 5.06. The summed E-state index contributed by atoms with van der Waals surface area (Å²) in [5.41, 5.74) is 5.44. The van der Waals surface area contributed by atoms with E-state index >= 15 is 0 Å². The monoisotopic (exact) mass is 294 g/mol. The smallest absolute Gasteiger partial charge is 0.288 e. The van der Waals surface area contributed by atoms with Gasteiger partial charge in [0.15, 0.2) is 0 Å². The summed E-state index contributed by atoms with van der Waals surface area (Å²) in [6.45, 7) is 1.13. The molecule has 1 fully saturated rings. The molecule has 2 heterocycles. The van der Waals surface area contributed by atoms with Crippen LogP contribution in [0.2, 0.25) is 0 Å². The zero-order valence-electron chi connectivity index (χ0n) is 11.8. The highest BCUT2D eigenvalue weighted by atomic mass is 16.6. The molecule has 1 amide bonds. The highest BCUT2D eigenvalue weighted by Crippen LogP contribution is 2.19. The van der Waals surface area contributed by atoms with Crippen molar-refractivity contribution in [3.05, 3.63) is 27.9 Å². The van der Waals surface area contributed by atoms with Gasteiger partial charge < -0.3 is 15.4 Å². The summed E-state index contributed by atoms with van der Waals surface area (Å²) in [6.07, 6.45) is 4.06. The molecule has 0 radical (unpaired) electrons. The van der Waals surface area contributed by atoms with Gasteiger partial charge in [-0.15, -0.1) is 0 Å². The molecular weight excluding hydrogens is 276 g/mol. The van der Waals surface area contributed by atoms with Gasteiger partial charge in [-0.3, -0.25) is 14.9 Å². The fourth-order valence-corrected chi connectivity index (χ4v) is 2.28. The molecule has 1 saturated heterocycles. The first-order valence-electron chi connectivity index (χ1n) is 6.76. The number of amides is 1. The lowest BCUT2D eigenvalue weighted by Crippen LogP contribution is -2.37. The van der Waals surface area contributed by atoms with Crippen LogP contribution in [0, 0.1) is 10.1 Å².